The zero-order valence-corrected chi connectivity index (χ0v) is 16.8. The van der Waals surface area contributed by atoms with Crippen LogP contribution >= 0.6 is 0 Å². The molecule has 0 aliphatic carbocycles. The second kappa shape index (κ2) is 6.48. The maximum atomic E-state index is 13.1. The lowest BCUT2D eigenvalue weighted by atomic mass is 9.99. The molecule has 0 radical (unpaired) electrons. The van der Waals surface area contributed by atoms with Crippen molar-refractivity contribution >= 4 is 16.7 Å². The van der Waals surface area contributed by atoms with Crippen molar-refractivity contribution in [2.24, 2.45) is 0 Å². The zero-order chi connectivity index (χ0) is 20.4. The van der Waals surface area contributed by atoms with Gasteiger partial charge in [-0.1, -0.05) is 36.4 Å². The van der Waals surface area contributed by atoms with Gasteiger partial charge in [-0.15, -0.1) is 0 Å². The number of hydrogen-bond acceptors (Lipinski definition) is 7. The fourth-order valence-corrected chi connectivity index (χ4v) is 4.25. The smallest absolute Gasteiger partial charge is 0.343 e. The Morgan fingerprint density at radius 3 is 2.31 bits per heavy atom. The molecule has 3 aliphatic rings. The van der Waals surface area contributed by atoms with Crippen molar-refractivity contribution in [3.05, 3.63) is 42.5 Å². The molecule has 29 heavy (non-hydrogen) atoms. The number of fused-ring (bicyclic) bond motifs is 4. The van der Waals surface area contributed by atoms with E-state index in [2.05, 4.69) is 0 Å². The molecule has 5 rings (SSSR count). The predicted molar refractivity (Wildman–Crippen MR) is 102 cm³/mol. The highest BCUT2D eigenvalue weighted by atomic mass is 16.9. The first-order chi connectivity index (χ1) is 13.7. The molecule has 0 amide bonds. The third-order valence-corrected chi connectivity index (χ3v) is 5.35. The molecular formula is C22H24O7. The molecule has 7 heteroatoms. The van der Waals surface area contributed by atoms with Gasteiger partial charge in [0.2, 0.25) is 0 Å². The summed E-state index contributed by atoms with van der Waals surface area (Å²) in [7, 11) is 0. The molecule has 0 unspecified atom stereocenters. The molecule has 2 aromatic carbocycles. The normalized spacial score (nSPS) is 34.6. The van der Waals surface area contributed by atoms with E-state index in [0.717, 1.165) is 10.8 Å². The highest BCUT2D eigenvalue weighted by Gasteiger charge is 2.62. The van der Waals surface area contributed by atoms with Crippen LogP contribution in [-0.2, 0) is 28.5 Å². The van der Waals surface area contributed by atoms with Crippen molar-refractivity contribution in [2.75, 3.05) is 0 Å². The number of carbonyl (C=O) groups excluding carboxylic acids is 1. The summed E-state index contributed by atoms with van der Waals surface area (Å²) in [5, 5.41) is 1.83. The minimum absolute atomic E-state index is 0.470. The third-order valence-electron chi connectivity index (χ3n) is 5.35. The highest BCUT2D eigenvalue weighted by molar-refractivity contribution is 5.91. The topological polar surface area (TPSA) is 72.5 Å². The molecule has 3 saturated heterocycles. The summed E-state index contributed by atoms with van der Waals surface area (Å²) >= 11 is 0. The van der Waals surface area contributed by atoms with Gasteiger partial charge in [-0.2, -0.15) is 0 Å². The Kier molecular flexibility index (Phi) is 4.24. The van der Waals surface area contributed by atoms with E-state index >= 15 is 0 Å². The average molecular weight is 400 g/mol. The second-order valence-corrected chi connectivity index (χ2v) is 8.49. The Labute approximate surface area is 168 Å². The average Bonchev–Trinajstić information content (AvgIpc) is 3.15. The third kappa shape index (κ3) is 3.33. The van der Waals surface area contributed by atoms with Gasteiger partial charge >= 0.3 is 5.97 Å². The standard InChI is InChI=1S/C22H24O7/c1-21(2)26-15-16(27-21)18-20(29-22(3,4)28-18)25-17(15)19(23)24-14-11-7-9-12-8-5-6-10-13(12)14/h5-11,15-18,20H,1-4H3/t15-,16-,17+,18+,20-/m0/s1. The van der Waals surface area contributed by atoms with E-state index < -0.39 is 48.2 Å². The summed E-state index contributed by atoms with van der Waals surface area (Å²) in [6.45, 7) is 7.20. The molecule has 0 aromatic heterocycles. The molecular weight excluding hydrogens is 376 g/mol. The Balaban J connectivity index is 1.44. The van der Waals surface area contributed by atoms with E-state index in [1.54, 1.807) is 33.8 Å². The molecule has 0 bridgehead atoms. The number of ether oxygens (including phenoxy) is 6. The summed E-state index contributed by atoms with van der Waals surface area (Å²) in [6, 6.07) is 13.3. The second-order valence-electron chi connectivity index (χ2n) is 8.49. The lowest BCUT2D eigenvalue weighted by Crippen LogP contribution is -2.58. The van der Waals surface area contributed by atoms with Crippen LogP contribution in [0.5, 0.6) is 5.75 Å². The van der Waals surface area contributed by atoms with Gasteiger partial charge in [0.05, 0.1) is 0 Å². The van der Waals surface area contributed by atoms with E-state index in [1.807, 2.05) is 36.4 Å². The molecule has 3 fully saturated rings. The molecule has 0 saturated carbocycles. The van der Waals surface area contributed by atoms with Gasteiger partial charge in [0.1, 0.15) is 24.1 Å². The van der Waals surface area contributed by atoms with Crippen LogP contribution < -0.4 is 4.74 Å². The van der Waals surface area contributed by atoms with Gasteiger partial charge in [0.15, 0.2) is 24.0 Å². The van der Waals surface area contributed by atoms with Crippen LogP contribution in [0, 0.1) is 0 Å². The lowest BCUT2D eigenvalue weighted by Gasteiger charge is -2.35. The Morgan fingerprint density at radius 1 is 0.828 bits per heavy atom. The predicted octanol–water partition coefficient (Wildman–Crippen LogP) is 3.14. The monoisotopic (exact) mass is 400 g/mol. The fraction of sp³-hybridized carbons (Fsp3) is 0.500. The van der Waals surface area contributed by atoms with Gasteiger partial charge in [0, 0.05) is 5.39 Å². The van der Waals surface area contributed by atoms with E-state index in [0.29, 0.717) is 5.75 Å². The lowest BCUT2D eigenvalue weighted by molar-refractivity contribution is -0.236. The van der Waals surface area contributed by atoms with Crippen molar-refractivity contribution in [3.8, 4) is 5.75 Å². The largest absolute Gasteiger partial charge is 0.424 e. The number of benzene rings is 2. The molecule has 2 aromatic rings. The van der Waals surface area contributed by atoms with Crippen LogP contribution in [0.4, 0.5) is 0 Å². The Bertz CT molecular complexity index is 948. The van der Waals surface area contributed by atoms with Gasteiger partial charge in [-0.25, -0.2) is 4.79 Å². The molecule has 7 nitrogen and oxygen atoms in total. The maximum Gasteiger partial charge on any atom is 0.343 e. The molecule has 0 spiro atoms. The first kappa shape index (κ1) is 19.0. The SMILES string of the molecule is CC1(C)O[C@@H]2O[C@@H](C(=O)Oc3cccc4ccccc34)[C@H]3OC(C)(C)O[C@@H]3[C@H]2O1. The van der Waals surface area contributed by atoms with Gasteiger partial charge in [-0.05, 0) is 39.1 Å². The minimum Gasteiger partial charge on any atom is -0.424 e. The summed E-state index contributed by atoms with van der Waals surface area (Å²) in [5.41, 5.74) is 0. The van der Waals surface area contributed by atoms with Crippen LogP contribution in [0.25, 0.3) is 10.8 Å². The van der Waals surface area contributed by atoms with Crippen LogP contribution in [0.15, 0.2) is 42.5 Å². The number of esters is 1. The van der Waals surface area contributed by atoms with Crippen molar-refractivity contribution in [1.82, 2.24) is 0 Å². The molecule has 3 aliphatic heterocycles. The van der Waals surface area contributed by atoms with Gasteiger partial charge in [-0.3, -0.25) is 0 Å². The van der Waals surface area contributed by atoms with Crippen LogP contribution in [-0.4, -0.2) is 48.2 Å². The Morgan fingerprint density at radius 2 is 1.48 bits per heavy atom. The number of hydrogen-bond donors (Lipinski definition) is 0. The van der Waals surface area contributed by atoms with E-state index in [1.165, 1.54) is 0 Å². The summed E-state index contributed by atoms with van der Waals surface area (Å²) in [4.78, 5) is 13.1. The molecule has 154 valence electrons. The first-order valence-corrected chi connectivity index (χ1v) is 9.79. The van der Waals surface area contributed by atoms with Crippen molar-refractivity contribution in [2.45, 2.75) is 70.0 Å². The zero-order valence-electron chi connectivity index (χ0n) is 16.8. The first-order valence-electron chi connectivity index (χ1n) is 9.79. The summed E-state index contributed by atoms with van der Waals surface area (Å²) in [5.74, 6) is -1.80. The van der Waals surface area contributed by atoms with Crippen molar-refractivity contribution in [3.63, 3.8) is 0 Å². The summed E-state index contributed by atoms with van der Waals surface area (Å²) in [6.07, 6.45) is -3.39. The summed E-state index contributed by atoms with van der Waals surface area (Å²) < 4.78 is 35.6. The van der Waals surface area contributed by atoms with E-state index in [4.69, 9.17) is 28.4 Å². The fourth-order valence-electron chi connectivity index (χ4n) is 4.25. The number of rotatable bonds is 2. The van der Waals surface area contributed by atoms with E-state index in [9.17, 15) is 4.79 Å². The maximum absolute atomic E-state index is 13.1. The minimum atomic E-state index is -1.00. The van der Waals surface area contributed by atoms with Crippen molar-refractivity contribution in [1.29, 1.82) is 0 Å². The Hall–Kier alpha value is -2.03. The van der Waals surface area contributed by atoms with Crippen LogP contribution in [0.2, 0.25) is 0 Å². The molecule has 0 N–H and O–H groups in total. The van der Waals surface area contributed by atoms with E-state index in [-0.39, 0.29) is 0 Å². The highest BCUT2D eigenvalue weighted by Crippen LogP contribution is 2.44. The molecule has 5 atom stereocenters. The van der Waals surface area contributed by atoms with Crippen molar-refractivity contribution < 1.29 is 33.2 Å². The molecule has 3 heterocycles. The van der Waals surface area contributed by atoms with Gasteiger partial charge in [0.25, 0.3) is 0 Å². The van der Waals surface area contributed by atoms with Crippen LogP contribution in [0.3, 0.4) is 0 Å². The number of carbonyl (C=O) groups is 1. The van der Waals surface area contributed by atoms with Crippen LogP contribution in [0.1, 0.15) is 27.7 Å². The van der Waals surface area contributed by atoms with Gasteiger partial charge < -0.3 is 28.4 Å². The quantitative estimate of drug-likeness (QED) is 0.566.